The van der Waals surface area contributed by atoms with Crippen LogP contribution in [0.5, 0.6) is 0 Å². The average molecular weight is 341 g/mol. The highest BCUT2D eigenvalue weighted by molar-refractivity contribution is 5.92. The van der Waals surface area contributed by atoms with Gasteiger partial charge in [-0.05, 0) is 18.1 Å². The van der Waals surface area contributed by atoms with Crippen LogP contribution in [0.15, 0.2) is 37.1 Å². The van der Waals surface area contributed by atoms with E-state index >= 15 is 0 Å². The first-order valence-electron chi connectivity index (χ1n) is 8.72. The van der Waals surface area contributed by atoms with Crippen LogP contribution in [-0.2, 0) is 18.3 Å². The minimum atomic E-state index is 0.00551. The lowest BCUT2D eigenvalue weighted by molar-refractivity contribution is -0.101. The Hall–Kier alpha value is -2.25. The Bertz CT molecular complexity index is 732. The Balaban J connectivity index is 1.48. The lowest BCUT2D eigenvalue weighted by Gasteiger charge is -2.47. The summed E-state index contributed by atoms with van der Waals surface area (Å²) in [5.41, 5.74) is 1.70. The highest BCUT2D eigenvalue weighted by atomic mass is 16.5. The van der Waals surface area contributed by atoms with Crippen molar-refractivity contribution in [3.8, 4) is 0 Å². The van der Waals surface area contributed by atoms with Crippen LogP contribution in [0.25, 0.3) is 0 Å². The van der Waals surface area contributed by atoms with Crippen molar-refractivity contribution >= 4 is 5.91 Å². The number of carbonyl (C=O) groups is 1. The number of amides is 1. The summed E-state index contributed by atoms with van der Waals surface area (Å²) in [7, 11) is 1.88. The summed E-state index contributed by atoms with van der Waals surface area (Å²) in [6, 6.07) is 4.28. The van der Waals surface area contributed by atoms with E-state index in [9.17, 15) is 4.79 Å². The molecule has 0 radical (unpaired) electrons. The normalized spacial score (nSPS) is 24.1. The molecule has 0 saturated carbocycles. The highest BCUT2D eigenvalue weighted by Gasteiger charge is 2.38. The zero-order valence-electron chi connectivity index (χ0n) is 14.4. The fourth-order valence-corrected chi connectivity index (χ4v) is 3.73. The molecular weight excluding hydrogens is 318 g/mol. The molecule has 2 fully saturated rings. The van der Waals surface area contributed by atoms with Crippen LogP contribution < -0.4 is 0 Å². The molecule has 2 aromatic rings. The van der Waals surface area contributed by atoms with Crippen LogP contribution in [-0.4, -0.2) is 68.6 Å². The first-order valence-corrected chi connectivity index (χ1v) is 8.72. The third-order valence-electron chi connectivity index (χ3n) is 5.02. The minimum Gasteiger partial charge on any atom is -0.375 e. The number of piperidine rings is 1. The van der Waals surface area contributed by atoms with Gasteiger partial charge < -0.3 is 14.2 Å². The predicted molar refractivity (Wildman–Crippen MR) is 91.9 cm³/mol. The molecule has 2 aromatic heterocycles. The van der Waals surface area contributed by atoms with Crippen LogP contribution in [0.1, 0.15) is 22.5 Å². The molecule has 2 aliphatic heterocycles. The monoisotopic (exact) mass is 341 g/mol. The largest absolute Gasteiger partial charge is 0.375 e. The van der Waals surface area contributed by atoms with Gasteiger partial charge in [0.2, 0.25) is 0 Å². The molecule has 1 amide bonds. The van der Waals surface area contributed by atoms with Gasteiger partial charge in [0, 0.05) is 51.8 Å². The molecule has 4 heterocycles. The summed E-state index contributed by atoms with van der Waals surface area (Å²) in [5.74, 6) is 0.00551. The fraction of sp³-hybridized carbons (Fsp3) is 0.500. The lowest BCUT2D eigenvalue weighted by atomic mass is 9.98. The van der Waals surface area contributed by atoms with Crippen molar-refractivity contribution in [3.05, 3.63) is 48.3 Å². The van der Waals surface area contributed by atoms with Gasteiger partial charge in [0.15, 0.2) is 0 Å². The third kappa shape index (κ3) is 3.43. The van der Waals surface area contributed by atoms with E-state index < -0.39 is 0 Å². The van der Waals surface area contributed by atoms with Crippen LogP contribution in [0.4, 0.5) is 0 Å². The van der Waals surface area contributed by atoms with Gasteiger partial charge in [-0.1, -0.05) is 6.07 Å². The number of ether oxygens (including phenoxy) is 1. The third-order valence-corrected chi connectivity index (χ3v) is 5.02. The van der Waals surface area contributed by atoms with Gasteiger partial charge in [-0.25, -0.2) is 4.98 Å². The van der Waals surface area contributed by atoms with Crippen molar-refractivity contribution in [1.82, 2.24) is 24.3 Å². The van der Waals surface area contributed by atoms with Gasteiger partial charge in [-0.3, -0.25) is 14.7 Å². The van der Waals surface area contributed by atoms with Gasteiger partial charge in [0.1, 0.15) is 5.69 Å². The van der Waals surface area contributed by atoms with Crippen molar-refractivity contribution in [2.75, 3.05) is 26.2 Å². The van der Waals surface area contributed by atoms with Crippen molar-refractivity contribution in [2.24, 2.45) is 7.05 Å². The molecule has 132 valence electrons. The van der Waals surface area contributed by atoms with Crippen LogP contribution in [0.2, 0.25) is 0 Å². The molecule has 0 bridgehead atoms. The summed E-state index contributed by atoms with van der Waals surface area (Å²) in [5, 5.41) is 0. The number of hydrogen-bond acceptors (Lipinski definition) is 5. The van der Waals surface area contributed by atoms with Crippen LogP contribution >= 0.6 is 0 Å². The average Bonchev–Trinajstić information content (AvgIpc) is 3.08. The van der Waals surface area contributed by atoms with E-state index in [-0.39, 0.29) is 18.1 Å². The minimum absolute atomic E-state index is 0.00551. The molecule has 2 atom stereocenters. The molecule has 0 unspecified atom stereocenters. The summed E-state index contributed by atoms with van der Waals surface area (Å²) < 4.78 is 7.78. The summed E-state index contributed by atoms with van der Waals surface area (Å²) in [6.07, 6.45) is 8.20. The number of fused-ring (bicyclic) bond motifs is 1. The molecule has 25 heavy (non-hydrogen) atoms. The van der Waals surface area contributed by atoms with Gasteiger partial charge in [0.25, 0.3) is 5.91 Å². The summed E-state index contributed by atoms with van der Waals surface area (Å²) >= 11 is 0. The maximum atomic E-state index is 12.7. The number of likely N-dealkylation sites (tertiary alicyclic amines) is 1. The van der Waals surface area contributed by atoms with E-state index in [1.807, 2.05) is 24.2 Å². The first kappa shape index (κ1) is 16.2. The number of aromatic nitrogens is 3. The Morgan fingerprint density at radius 3 is 3.08 bits per heavy atom. The van der Waals surface area contributed by atoms with Crippen molar-refractivity contribution in [3.63, 3.8) is 0 Å². The number of aryl methyl sites for hydroxylation is 1. The van der Waals surface area contributed by atoms with Crippen LogP contribution in [0.3, 0.4) is 0 Å². The number of carbonyl (C=O) groups excluding carboxylic acids is 1. The SMILES string of the molecule is Cn1cnc(C(=O)N2CC[C@@H]3OCCN(Cc4cccnc4)[C@H]3C2)c1. The molecular formula is C18H23N5O2. The smallest absolute Gasteiger partial charge is 0.274 e. The van der Waals surface area contributed by atoms with Gasteiger partial charge in [-0.15, -0.1) is 0 Å². The predicted octanol–water partition coefficient (Wildman–Crippen LogP) is 0.931. The molecule has 0 aromatic carbocycles. The van der Waals surface area contributed by atoms with E-state index in [2.05, 4.69) is 20.9 Å². The van der Waals surface area contributed by atoms with Crippen LogP contribution in [0, 0.1) is 0 Å². The molecule has 2 aliphatic rings. The van der Waals surface area contributed by atoms with E-state index in [1.54, 1.807) is 23.3 Å². The van der Waals surface area contributed by atoms with E-state index in [0.29, 0.717) is 12.2 Å². The van der Waals surface area contributed by atoms with Gasteiger partial charge in [0.05, 0.1) is 25.1 Å². The molecule has 0 aliphatic carbocycles. The number of rotatable bonds is 3. The quantitative estimate of drug-likeness (QED) is 0.831. The number of nitrogens with zero attached hydrogens (tertiary/aromatic N) is 5. The maximum absolute atomic E-state index is 12.7. The first-order chi connectivity index (χ1) is 12.2. The summed E-state index contributed by atoms with van der Waals surface area (Å²) in [4.78, 5) is 25.5. The molecule has 2 saturated heterocycles. The second-order valence-electron chi connectivity index (χ2n) is 6.77. The molecule has 0 N–H and O–H groups in total. The highest BCUT2D eigenvalue weighted by Crippen LogP contribution is 2.25. The second kappa shape index (κ2) is 6.93. The Kier molecular flexibility index (Phi) is 4.50. The van der Waals surface area contributed by atoms with E-state index in [0.717, 1.165) is 32.7 Å². The van der Waals surface area contributed by atoms with Crippen molar-refractivity contribution in [2.45, 2.75) is 25.1 Å². The van der Waals surface area contributed by atoms with Crippen molar-refractivity contribution in [1.29, 1.82) is 0 Å². The zero-order chi connectivity index (χ0) is 17.2. The molecule has 7 nitrogen and oxygen atoms in total. The molecule has 0 spiro atoms. The topological polar surface area (TPSA) is 63.5 Å². The number of morpholine rings is 1. The standard InChI is InChI=1S/C18H23N5O2/c1-21-11-15(20-13-21)18(24)23-6-4-17-16(12-23)22(7-8-25-17)10-14-3-2-5-19-9-14/h2-3,5,9,11,13,16-17H,4,6-8,10,12H2,1H3/t16-,17-/m0/s1. The second-order valence-corrected chi connectivity index (χ2v) is 6.77. The fourth-order valence-electron chi connectivity index (χ4n) is 3.73. The number of pyridine rings is 1. The van der Waals surface area contributed by atoms with Crippen molar-refractivity contribution < 1.29 is 9.53 Å². The van der Waals surface area contributed by atoms with E-state index in [4.69, 9.17) is 4.74 Å². The van der Waals surface area contributed by atoms with Gasteiger partial charge in [-0.2, -0.15) is 0 Å². The Morgan fingerprint density at radius 1 is 1.40 bits per heavy atom. The maximum Gasteiger partial charge on any atom is 0.274 e. The Morgan fingerprint density at radius 2 is 2.32 bits per heavy atom. The number of hydrogen-bond donors (Lipinski definition) is 0. The lowest BCUT2D eigenvalue weighted by Crippen LogP contribution is -2.60. The zero-order valence-corrected chi connectivity index (χ0v) is 14.4. The van der Waals surface area contributed by atoms with Gasteiger partial charge >= 0.3 is 0 Å². The molecule has 7 heteroatoms. The number of imidazole rings is 1. The molecule has 4 rings (SSSR count). The van der Waals surface area contributed by atoms with E-state index in [1.165, 1.54) is 5.56 Å². The summed E-state index contributed by atoms with van der Waals surface area (Å²) in [6.45, 7) is 3.86. The Labute approximate surface area is 147 Å².